The first kappa shape index (κ1) is 47.6. The van der Waals surface area contributed by atoms with Crippen LogP contribution in [0.15, 0.2) is 48.6 Å². The van der Waals surface area contributed by atoms with Crippen molar-refractivity contribution in [1.82, 2.24) is 15.1 Å². The number of hydrogen-bond donors (Lipinski definition) is 5. The SMILES string of the molecule is C/C=C\C(C)CC(O)CN(CCSC(=O)NC(=O)SCCN(CC(O)CC(C)(C)/C=C\C)CC(O)C(C)/C=C\C)CC(O)C(C)(C)/C=C\C. The van der Waals surface area contributed by atoms with E-state index in [0.717, 1.165) is 23.5 Å². The summed E-state index contributed by atoms with van der Waals surface area (Å²) in [6, 6.07) is 0. The Labute approximate surface area is 306 Å². The molecule has 0 aromatic carbocycles. The normalized spacial score (nSPS) is 17.1. The van der Waals surface area contributed by atoms with Gasteiger partial charge in [-0.1, -0.05) is 114 Å². The highest BCUT2D eigenvalue weighted by atomic mass is 32.2. The van der Waals surface area contributed by atoms with Gasteiger partial charge in [0.1, 0.15) is 0 Å². The second-order valence-electron chi connectivity index (χ2n) is 14.4. The molecule has 284 valence electrons. The number of carbonyl (C=O) groups excluding carboxylic acids is 2. The minimum atomic E-state index is -0.673. The molecule has 0 bridgehead atoms. The fourth-order valence-electron chi connectivity index (χ4n) is 5.79. The van der Waals surface area contributed by atoms with Crippen LogP contribution >= 0.6 is 23.5 Å². The lowest BCUT2D eigenvalue weighted by atomic mass is 9.85. The molecule has 6 unspecified atom stereocenters. The van der Waals surface area contributed by atoms with E-state index in [1.54, 1.807) is 0 Å². The molecule has 0 radical (unpaired) electrons. The van der Waals surface area contributed by atoms with Crippen LogP contribution in [0.2, 0.25) is 0 Å². The van der Waals surface area contributed by atoms with Gasteiger partial charge in [0.2, 0.25) is 0 Å². The lowest BCUT2D eigenvalue weighted by Crippen LogP contribution is -2.44. The summed E-state index contributed by atoms with van der Waals surface area (Å²) in [6.45, 7) is 22.1. The highest BCUT2D eigenvalue weighted by molar-refractivity contribution is 8.15. The molecule has 0 aliphatic rings. The zero-order chi connectivity index (χ0) is 37.6. The summed E-state index contributed by atoms with van der Waals surface area (Å²) in [4.78, 5) is 29.2. The third-order valence-electron chi connectivity index (χ3n) is 8.40. The quantitative estimate of drug-likeness (QED) is 0.0681. The van der Waals surface area contributed by atoms with Crippen molar-refractivity contribution in [2.75, 3.05) is 50.8 Å². The highest BCUT2D eigenvalue weighted by Crippen LogP contribution is 2.25. The average Bonchev–Trinajstić information content (AvgIpc) is 2.96. The molecule has 0 aliphatic carbocycles. The highest BCUT2D eigenvalue weighted by Gasteiger charge is 2.28. The van der Waals surface area contributed by atoms with Crippen molar-refractivity contribution in [1.29, 1.82) is 0 Å². The first-order valence-corrected chi connectivity index (χ1v) is 19.7. The van der Waals surface area contributed by atoms with E-state index < -0.39 is 40.3 Å². The largest absolute Gasteiger partial charge is 0.392 e. The fraction of sp³-hybridized carbons (Fsp3) is 0.737. The maximum Gasteiger partial charge on any atom is 0.286 e. The number of imide groups is 1. The smallest absolute Gasteiger partial charge is 0.286 e. The molecule has 5 N–H and O–H groups in total. The van der Waals surface area contributed by atoms with Crippen molar-refractivity contribution >= 4 is 34.0 Å². The molecule has 11 heteroatoms. The van der Waals surface area contributed by atoms with Crippen LogP contribution in [-0.4, -0.2) is 116 Å². The zero-order valence-electron chi connectivity index (χ0n) is 32.0. The Bertz CT molecular complexity index is 1050. The predicted molar refractivity (Wildman–Crippen MR) is 210 cm³/mol. The standard InChI is InChI=1S/C38H69N3O6S2/c1-11-15-29(5)23-31(42)25-41(28-34(45)38(9,10)18-14-4)20-22-49-36(47)39-35(46)48-21-19-40(27-33(44)30(6)16-12-2)26-32(43)24-37(7,8)17-13-3/h11-18,29-34,42-45H,19-28H2,1-10H3,(H,39,46,47)/b15-11-,16-12-,17-13-,18-14-. The molecule has 0 aromatic rings. The van der Waals surface area contributed by atoms with E-state index in [2.05, 4.69) is 38.2 Å². The Morgan fingerprint density at radius 2 is 1.22 bits per heavy atom. The van der Waals surface area contributed by atoms with Crippen LogP contribution in [0.5, 0.6) is 0 Å². The number of amides is 2. The summed E-state index contributed by atoms with van der Waals surface area (Å²) in [5.41, 5.74) is -0.627. The molecule has 0 heterocycles. The van der Waals surface area contributed by atoms with Crippen molar-refractivity contribution in [2.45, 2.75) is 106 Å². The summed E-state index contributed by atoms with van der Waals surface area (Å²) in [5, 5.41) is 44.9. The van der Waals surface area contributed by atoms with E-state index in [0.29, 0.717) is 63.6 Å². The number of hydrogen-bond acceptors (Lipinski definition) is 10. The van der Waals surface area contributed by atoms with Gasteiger partial charge < -0.3 is 20.4 Å². The third-order valence-corrected chi connectivity index (χ3v) is 9.90. The van der Waals surface area contributed by atoms with Crippen molar-refractivity contribution in [2.24, 2.45) is 22.7 Å². The molecule has 9 nitrogen and oxygen atoms in total. The van der Waals surface area contributed by atoms with E-state index in [4.69, 9.17) is 0 Å². The topological polar surface area (TPSA) is 134 Å². The fourth-order valence-corrected chi connectivity index (χ4v) is 7.25. The van der Waals surface area contributed by atoms with E-state index in [-0.39, 0.29) is 17.3 Å². The van der Waals surface area contributed by atoms with Crippen molar-refractivity contribution in [3.8, 4) is 0 Å². The van der Waals surface area contributed by atoms with Gasteiger partial charge in [-0.2, -0.15) is 0 Å². The van der Waals surface area contributed by atoms with Gasteiger partial charge in [-0.25, -0.2) is 0 Å². The van der Waals surface area contributed by atoms with Crippen LogP contribution < -0.4 is 5.32 Å². The molecular formula is C38H69N3O6S2. The number of allylic oxidation sites excluding steroid dienone is 6. The van der Waals surface area contributed by atoms with Crippen molar-refractivity contribution in [3.05, 3.63) is 48.6 Å². The average molecular weight is 728 g/mol. The Morgan fingerprint density at radius 3 is 1.73 bits per heavy atom. The molecule has 0 saturated carbocycles. The van der Waals surface area contributed by atoms with E-state index in [1.165, 1.54) is 0 Å². The molecule has 49 heavy (non-hydrogen) atoms. The first-order chi connectivity index (χ1) is 22.9. The molecule has 0 rings (SSSR count). The lowest BCUT2D eigenvalue weighted by molar-refractivity contribution is 0.0251. The number of nitrogens with one attached hydrogen (secondary N) is 1. The number of thioether (sulfide) groups is 2. The van der Waals surface area contributed by atoms with Gasteiger partial charge in [0.15, 0.2) is 0 Å². The number of carbonyl (C=O) groups is 2. The summed E-state index contributed by atoms with van der Waals surface area (Å²) >= 11 is 2.00. The van der Waals surface area contributed by atoms with Crippen LogP contribution in [0.3, 0.4) is 0 Å². The molecule has 0 fully saturated rings. The Morgan fingerprint density at radius 1 is 0.714 bits per heavy atom. The van der Waals surface area contributed by atoms with Crippen LogP contribution in [0.1, 0.15) is 82.1 Å². The van der Waals surface area contributed by atoms with Gasteiger partial charge in [0, 0.05) is 62.1 Å². The number of aliphatic hydroxyl groups is 4. The predicted octanol–water partition coefficient (Wildman–Crippen LogP) is 6.74. The molecule has 0 saturated heterocycles. The molecule has 0 spiro atoms. The minimum absolute atomic E-state index is 0.0569. The lowest BCUT2D eigenvalue weighted by Gasteiger charge is -2.33. The van der Waals surface area contributed by atoms with Gasteiger partial charge in [-0.3, -0.25) is 24.7 Å². The zero-order valence-corrected chi connectivity index (χ0v) is 33.6. The molecule has 0 aliphatic heterocycles. The number of rotatable bonds is 24. The van der Waals surface area contributed by atoms with E-state index >= 15 is 0 Å². The first-order valence-electron chi connectivity index (χ1n) is 17.7. The third kappa shape index (κ3) is 22.9. The molecule has 0 aromatic heterocycles. The maximum absolute atomic E-state index is 12.6. The van der Waals surface area contributed by atoms with Crippen molar-refractivity contribution in [3.63, 3.8) is 0 Å². The van der Waals surface area contributed by atoms with Gasteiger partial charge in [-0.15, -0.1) is 0 Å². The number of aliphatic hydroxyl groups excluding tert-OH is 4. The van der Waals surface area contributed by atoms with Gasteiger partial charge >= 0.3 is 0 Å². The monoisotopic (exact) mass is 727 g/mol. The second kappa shape index (κ2) is 25.5. The Balaban J connectivity index is 5.17. The molecular weight excluding hydrogens is 659 g/mol. The maximum atomic E-state index is 12.6. The van der Waals surface area contributed by atoms with Gasteiger partial charge in [0.05, 0.1) is 24.4 Å². The second-order valence-corrected chi connectivity index (χ2v) is 16.6. The van der Waals surface area contributed by atoms with Crippen molar-refractivity contribution < 1.29 is 30.0 Å². The van der Waals surface area contributed by atoms with Crippen LogP contribution in [0.25, 0.3) is 0 Å². The molecule has 2 amide bonds. The van der Waals surface area contributed by atoms with Crippen LogP contribution in [0, 0.1) is 22.7 Å². The van der Waals surface area contributed by atoms with Crippen LogP contribution in [-0.2, 0) is 0 Å². The van der Waals surface area contributed by atoms with E-state index in [1.807, 2.05) is 94.7 Å². The minimum Gasteiger partial charge on any atom is -0.392 e. The molecule has 6 atom stereocenters. The summed E-state index contributed by atoms with van der Waals surface area (Å²) in [7, 11) is 0. The van der Waals surface area contributed by atoms with Crippen LogP contribution in [0.4, 0.5) is 9.59 Å². The summed E-state index contributed by atoms with van der Waals surface area (Å²) < 4.78 is 0. The summed E-state index contributed by atoms with van der Waals surface area (Å²) in [5.74, 6) is 0.930. The van der Waals surface area contributed by atoms with E-state index in [9.17, 15) is 30.0 Å². The summed E-state index contributed by atoms with van der Waals surface area (Å²) in [6.07, 6.45) is 14.5. The Kier molecular flexibility index (Phi) is 24.8. The van der Waals surface area contributed by atoms with Gasteiger partial charge in [-0.05, 0) is 51.9 Å². The number of nitrogens with zero attached hydrogens (tertiary/aromatic N) is 2. The Hall–Kier alpha value is -1.44. The van der Waals surface area contributed by atoms with Gasteiger partial charge in [0.25, 0.3) is 10.5 Å².